The van der Waals surface area contributed by atoms with Gasteiger partial charge < -0.3 is 0 Å². The van der Waals surface area contributed by atoms with Crippen LogP contribution in [0.15, 0.2) is 17.4 Å². The topological polar surface area (TPSA) is 102 Å². The van der Waals surface area contributed by atoms with Crippen LogP contribution in [0.5, 0.6) is 0 Å². The molecule has 2 heterocycles. The lowest BCUT2D eigenvalue weighted by molar-refractivity contribution is 0.238. The van der Waals surface area contributed by atoms with Crippen molar-refractivity contribution in [2.45, 2.75) is 0 Å². The molecule has 0 aromatic carbocycles. The number of halogens is 1. The Morgan fingerprint density at radius 2 is 2.40 bits per heavy atom. The van der Waals surface area contributed by atoms with Crippen molar-refractivity contribution in [2.75, 3.05) is 0 Å². The molecule has 0 unspecified atom stereocenters. The molecular formula is C6H2BrN7O. The van der Waals surface area contributed by atoms with Crippen LogP contribution in [-0.4, -0.2) is 35.6 Å². The highest BCUT2D eigenvalue weighted by atomic mass is 79.9. The van der Waals surface area contributed by atoms with Crippen LogP contribution in [-0.2, 0) is 0 Å². The van der Waals surface area contributed by atoms with Gasteiger partial charge in [0.25, 0.3) is 0 Å². The molecule has 74 valence electrons. The second kappa shape index (κ2) is 3.58. The smallest absolute Gasteiger partial charge is 0.243 e. The van der Waals surface area contributed by atoms with Gasteiger partial charge in [-0.2, -0.15) is 20.0 Å². The van der Waals surface area contributed by atoms with Gasteiger partial charge in [0.2, 0.25) is 10.6 Å². The lowest BCUT2D eigenvalue weighted by atomic mass is 10.7. The van der Waals surface area contributed by atoms with Gasteiger partial charge in [-0.15, -0.1) is 9.78 Å². The first kappa shape index (κ1) is 9.47. The average Bonchev–Trinajstić information content (AvgIpc) is 2.84. The van der Waals surface area contributed by atoms with Gasteiger partial charge >= 0.3 is 6.03 Å². The molecule has 9 heteroatoms. The van der Waals surface area contributed by atoms with Crippen molar-refractivity contribution in [1.29, 1.82) is 5.26 Å². The Balaban J connectivity index is 2.47. The van der Waals surface area contributed by atoms with E-state index in [9.17, 15) is 4.79 Å². The summed E-state index contributed by atoms with van der Waals surface area (Å²) in [5.74, 6) is -0.123. The number of carbonyl (C=O) groups excluding carboxylic acids is 1. The zero-order valence-corrected chi connectivity index (χ0v) is 8.66. The van der Waals surface area contributed by atoms with Gasteiger partial charge in [0.1, 0.15) is 18.7 Å². The Morgan fingerprint density at radius 1 is 1.60 bits per heavy atom. The Kier molecular flexibility index (Phi) is 2.26. The second-order valence-electron chi connectivity index (χ2n) is 2.35. The average molecular weight is 268 g/mol. The van der Waals surface area contributed by atoms with E-state index in [-0.39, 0.29) is 10.6 Å². The fraction of sp³-hybridized carbons (Fsp3) is 0. The maximum atomic E-state index is 11.6. The maximum Gasteiger partial charge on any atom is 0.373 e. The van der Waals surface area contributed by atoms with Gasteiger partial charge in [0, 0.05) is 0 Å². The molecular weight excluding hydrogens is 266 g/mol. The van der Waals surface area contributed by atoms with Crippen LogP contribution in [0.2, 0.25) is 0 Å². The van der Waals surface area contributed by atoms with Crippen LogP contribution in [0.3, 0.4) is 0 Å². The van der Waals surface area contributed by atoms with Crippen molar-refractivity contribution in [1.82, 2.24) is 29.5 Å². The van der Waals surface area contributed by atoms with Crippen LogP contribution in [0.4, 0.5) is 4.79 Å². The lowest BCUT2D eigenvalue weighted by Crippen LogP contribution is -2.22. The maximum absolute atomic E-state index is 11.6. The number of aromatic nitrogens is 6. The monoisotopic (exact) mass is 267 g/mol. The SMILES string of the molecule is N#Cc1nc(Br)nn1C(=O)n1cncn1. The normalized spacial score (nSPS) is 9.87. The Labute approximate surface area is 91.3 Å². The van der Waals surface area contributed by atoms with Crippen molar-refractivity contribution in [3.8, 4) is 6.07 Å². The van der Waals surface area contributed by atoms with Crippen molar-refractivity contribution in [3.05, 3.63) is 23.2 Å². The zero-order valence-electron chi connectivity index (χ0n) is 7.07. The number of rotatable bonds is 0. The van der Waals surface area contributed by atoms with Crippen molar-refractivity contribution < 1.29 is 4.79 Å². The molecule has 0 N–H and O–H groups in total. The number of nitriles is 1. The molecule has 8 nitrogen and oxygen atoms in total. The van der Waals surface area contributed by atoms with Crippen LogP contribution in [0, 0.1) is 11.3 Å². The van der Waals surface area contributed by atoms with E-state index in [2.05, 4.69) is 36.1 Å². The summed E-state index contributed by atoms with van der Waals surface area (Å²) >= 11 is 2.96. The minimum absolute atomic E-state index is 0.123. The molecule has 0 aliphatic heterocycles. The van der Waals surface area contributed by atoms with Gasteiger partial charge in [0.05, 0.1) is 0 Å². The molecule has 2 aromatic rings. The quantitative estimate of drug-likeness (QED) is 0.667. The third-order valence-electron chi connectivity index (χ3n) is 1.48. The number of nitrogens with zero attached hydrogens (tertiary/aromatic N) is 7. The predicted molar refractivity (Wildman–Crippen MR) is 48.7 cm³/mol. The minimum Gasteiger partial charge on any atom is -0.243 e. The minimum atomic E-state index is -0.623. The third kappa shape index (κ3) is 1.62. The Morgan fingerprint density at radius 3 is 3.00 bits per heavy atom. The molecule has 0 radical (unpaired) electrons. The van der Waals surface area contributed by atoms with E-state index < -0.39 is 6.03 Å². The van der Waals surface area contributed by atoms with E-state index in [1.165, 1.54) is 12.7 Å². The summed E-state index contributed by atoms with van der Waals surface area (Å²) in [6.45, 7) is 0. The van der Waals surface area contributed by atoms with E-state index in [4.69, 9.17) is 5.26 Å². The number of hydrogen-bond donors (Lipinski definition) is 0. The summed E-state index contributed by atoms with van der Waals surface area (Å²) in [4.78, 5) is 18.9. The van der Waals surface area contributed by atoms with Gasteiger partial charge in [-0.05, 0) is 15.9 Å². The Bertz CT molecular complexity index is 536. The van der Waals surface area contributed by atoms with E-state index >= 15 is 0 Å². The molecule has 0 fully saturated rings. The van der Waals surface area contributed by atoms with E-state index in [1.54, 1.807) is 6.07 Å². The highest BCUT2D eigenvalue weighted by molar-refractivity contribution is 9.10. The predicted octanol–water partition coefficient (Wildman–Crippen LogP) is 0.0202. The molecule has 0 spiro atoms. The fourth-order valence-electron chi connectivity index (χ4n) is 0.897. The highest BCUT2D eigenvalue weighted by Gasteiger charge is 2.16. The van der Waals surface area contributed by atoms with E-state index in [0.717, 1.165) is 9.36 Å². The second-order valence-corrected chi connectivity index (χ2v) is 3.06. The molecule has 0 amide bonds. The summed E-state index contributed by atoms with van der Waals surface area (Å²) in [5, 5.41) is 16.0. The van der Waals surface area contributed by atoms with E-state index in [0.29, 0.717) is 0 Å². The zero-order chi connectivity index (χ0) is 10.8. The first-order valence-electron chi connectivity index (χ1n) is 3.64. The summed E-state index contributed by atoms with van der Waals surface area (Å²) in [7, 11) is 0. The Hall–Kier alpha value is -2.08. The molecule has 0 saturated heterocycles. The van der Waals surface area contributed by atoms with Crippen molar-refractivity contribution in [2.24, 2.45) is 0 Å². The van der Waals surface area contributed by atoms with Crippen LogP contribution >= 0.6 is 15.9 Å². The first-order valence-corrected chi connectivity index (χ1v) is 4.43. The molecule has 15 heavy (non-hydrogen) atoms. The van der Waals surface area contributed by atoms with Gasteiger partial charge in [-0.3, -0.25) is 0 Å². The highest BCUT2D eigenvalue weighted by Crippen LogP contribution is 2.04. The molecule has 0 bridgehead atoms. The van der Waals surface area contributed by atoms with E-state index in [1.807, 2.05) is 0 Å². The third-order valence-corrected chi connectivity index (χ3v) is 1.81. The molecule has 2 aromatic heterocycles. The van der Waals surface area contributed by atoms with Crippen molar-refractivity contribution >= 4 is 22.0 Å². The van der Waals surface area contributed by atoms with Crippen LogP contribution in [0.1, 0.15) is 5.82 Å². The van der Waals surface area contributed by atoms with Gasteiger partial charge in [-0.1, -0.05) is 0 Å². The fourth-order valence-corrected chi connectivity index (χ4v) is 1.22. The molecule has 0 saturated carbocycles. The van der Waals surface area contributed by atoms with Gasteiger partial charge in [-0.25, -0.2) is 9.78 Å². The summed E-state index contributed by atoms with van der Waals surface area (Å²) in [5.41, 5.74) is 0. The number of carbonyl (C=O) groups is 1. The molecule has 0 atom stereocenters. The standard InChI is InChI=1S/C6H2BrN7O/c7-5-11-4(1-8)14(12-5)6(15)13-3-9-2-10-13/h2-3H. The molecule has 2 rings (SSSR count). The number of hydrogen-bond acceptors (Lipinski definition) is 6. The molecule has 0 aliphatic carbocycles. The lowest BCUT2D eigenvalue weighted by Gasteiger charge is -1.97. The summed E-state index contributed by atoms with van der Waals surface area (Å²) in [6, 6.07) is 1.11. The van der Waals surface area contributed by atoms with Crippen LogP contribution in [0.25, 0.3) is 0 Å². The van der Waals surface area contributed by atoms with Crippen molar-refractivity contribution in [3.63, 3.8) is 0 Å². The largest absolute Gasteiger partial charge is 0.373 e. The first-order chi connectivity index (χ1) is 7.22. The summed E-state index contributed by atoms with van der Waals surface area (Å²) < 4.78 is 1.94. The van der Waals surface area contributed by atoms with Crippen LogP contribution < -0.4 is 0 Å². The van der Waals surface area contributed by atoms with Gasteiger partial charge in [0.15, 0.2) is 0 Å². The molecule has 0 aliphatic rings. The summed E-state index contributed by atoms with van der Waals surface area (Å²) in [6.07, 6.45) is 2.41.